The van der Waals surface area contributed by atoms with E-state index in [0.717, 1.165) is 6.92 Å². The van der Waals surface area contributed by atoms with E-state index in [1.54, 1.807) is 0 Å². The molecule has 0 spiro atoms. The number of carbonyl (C=O) groups is 2. The van der Waals surface area contributed by atoms with Gasteiger partial charge in [-0.1, -0.05) is 0 Å². The Morgan fingerprint density at radius 3 is 1.91 bits per heavy atom. The van der Waals surface area contributed by atoms with E-state index in [9.17, 15) is 26.4 Å². The van der Waals surface area contributed by atoms with Crippen LogP contribution in [0.4, 0.5) is 11.4 Å². The first-order valence-corrected chi connectivity index (χ1v) is 8.54. The van der Waals surface area contributed by atoms with E-state index in [0.29, 0.717) is 12.1 Å². The molecule has 0 heterocycles. The molecular weight excluding hydrogens is 356 g/mol. The maximum atomic E-state index is 11.2. The van der Waals surface area contributed by atoms with Crippen molar-refractivity contribution >= 4 is 43.4 Å². The SMILES string of the molecule is CC(=O)CC(=O)ONc1cc(S(=O)(=O)O)c(N)c(S(=O)(=O)O)c1. The maximum absolute atomic E-state index is 11.2. The van der Waals surface area contributed by atoms with Crippen molar-refractivity contribution in [2.24, 2.45) is 0 Å². The van der Waals surface area contributed by atoms with Crippen molar-refractivity contribution in [3.05, 3.63) is 12.1 Å². The molecule has 0 aromatic heterocycles. The number of benzene rings is 1. The lowest BCUT2D eigenvalue weighted by molar-refractivity contribution is -0.143. The molecular formula is C10H12N2O9S2. The van der Waals surface area contributed by atoms with Crippen molar-refractivity contribution < 1.29 is 40.4 Å². The van der Waals surface area contributed by atoms with Crippen LogP contribution in [0.25, 0.3) is 0 Å². The number of ketones is 1. The molecule has 0 amide bonds. The molecule has 0 aliphatic heterocycles. The maximum Gasteiger partial charge on any atom is 0.339 e. The van der Waals surface area contributed by atoms with Crippen LogP contribution in [-0.4, -0.2) is 37.7 Å². The fourth-order valence-corrected chi connectivity index (χ4v) is 2.83. The second-order valence-corrected chi connectivity index (χ2v) is 7.07. The third-order valence-corrected chi connectivity index (χ3v) is 4.12. The number of anilines is 2. The van der Waals surface area contributed by atoms with Crippen molar-refractivity contribution in [2.75, 3.05) is 11.2 Å². The number of nitrogens with two attached hydrogens (primary N) is 1. The highest BCUT2D eigenvalue weighted by Gasteiger charge is 2.24. The molecule has 1 aromatic rings. The average Bonchev–Trinajstić information content (AvgIpc) is 2.33. The van der Waals surface area contributed by atoms with E-state index in [1.807, 2.05) is 5.48 Å². The number of rotatable bonds is 6. The first-order valence-electron chi connectivity index (χ1n) is 5.66. The van der Waals surface area contributed by atoms with Crippen LogP contribution >= 0.6 is 0 Å². The van der Waals surface area contributed by atoms with E-state index >= 15 is 0 Å². The Labute approximate surface area is 130 Å². The number of Topliss-reactive ketones (excluding diaryl/α,β-unsaturated/α-hetero) is 1. The van der Waals surface area contributed by atoms with Gasteiger partial charge in [-0.25, -0.2) is 10.3 Å². The number of nitrogen functional groups attached to an aromatic ring is 1. The van der Waals surface area contributed by atoms with Crippen LogP contribution in [0, 0.1) is 0 Å². The Balaban J connectivity index is 3.29. The average molecular weight is 368 g/mol. The fourth-order valence-electron chi connectivity index (χ4n) is 1.44. The van der Waals surface area contributed by atoms with E-state index in [4.69, 9.17) is 14.8 Å². The van der Waals surface area contributed by atoms with Crippen molar-refractivity contribution in [1.82, 2.24) is 0 Å². The molecule has 0 saturated heterocycles. The molecule has 0 fully saturated rings. The number of carbonyl (C=O) groups excluding carboxylic acids is 2. The highest BCUT2D eigenvalue weighted by Crippen LogP contribution is 2.30. The standard InChI is InChI=1S/C10H12N2O9S2/c1-5(13)2-9(14)21-12-6-3-7(22(15,16)17)10(11)8(4-6)23(18,19)20/h3-4,12H,2,11H2,1H3,(H,15,16,17)(H,18,19,20). The first-order chi connectivity index (χ1) is 10.3. The molecule has 0 saturated carbocycles. The van der Waals surface area contributed by atoms with E-state index < -0.39 is 59.6 Å². The minimum atomic E-state index is -4.93. The third-order valence-electron chi connectivity index (χ3n) is 2.34. The van der Waals surface area contributed by atoms with Gasteiger partial charge in [-0.15, -0.1) is 0 Å². The van der Waals surface area contributed by atoms with Gasteiger partial charge in [-0.3, -0.25) is 13.9 Å². The van der Waals surface area contributed by atoms with Gasteiger partial charge in [-0.05, 0) is 19.1 Å². The molecule has 23 heavy (non-hydrogen) atoms. The zero-order chi connectivity index (χ0) is 18.0. The zero-order valence-electron chi connectivity index (χ0n) is 11.5. The molecule has 1 aromatic carbocycles. The van der Waals surface area contributed by atoms with Gasteiger partial charge in [0.15, 0.2) is 0 Å². The second kappa shape index (κ2) is 6.49. The summed E-state index contributed by atoms with van der Waals surface area (Å²) < 4.78 is 62.8. The molecule has 1 rings (SSSR count). The van der Waals surface area contributed by atoms with Crippen LogP contribution in [0.15, 0.2) is 21.9 Å². The topological polar surface area (TPSA) is 190 Å². The fraction of sp³-hybridized carbons (Fsp3) is 0.200. The Bertz CT molecular complexity index is 805. The summed E-state index contributed by atoms with van der Waals surface area (Å²) >= 11 is 0. The monoisotopic (exact) mass is 368 g/mol. The molecule has 0 aliphatic carbocycles. The third kappa shape index (κ3) is 5.17. The van der Waals surface area contributed by atoms with Gasteiger partial charge < -0.3 is 10.6 Å². The van der Waals surface area contributed by atoms with Crippen molar-refractivity contribution in [1.29, 1.82) is 0 Å². The van der Waals surface area contributed by atoms with Gasteiger partial charge in [0.1, 0.15) is 22.0 Å². The molecule has 0 atom stereocenters. The summed E-state index contributed by atoms with van der Waals surface area (Å²) in [7, 11) is -9.86. The molecule has 0 bridgehead atoms. The predicted molar refractivity (Wildman–Crippen MR) is 75.5 cm³/mol. The summed E-state index contributed by atoms with van der Waals surface area (Å²) in [6.07, 6.45) is -0.585. The lowest BCUT2D eigenvalue weighted by Gasteiger charge is -2.12. The Kier molecular flexibility index (Phi) is 5.31. The summed E-state index contributed by atoms with van der Waals surface area (Å²) in [5.41, 5.74) is 5.83. The molecule has 0 radical (unpaired) electrons. The highest BCUT2D eigenvalue weighted by atomic mass is 32.2. The quantitative estimate of drug-likeness (QED) is 0.221. The van der Waals surface area contributed by atoms with E-state index in [-0.39, 0.29) is 0 Å². The van der Waals surface area contributed by atoms with Gasteiger partial charge in [0.2, 0.25) is 0 Å². The lowest BCUT2D eigenvalue weighted by Crippen LogP contribution is -2.15. The van der Waals surface area contributed by atoms with Crippen molar-refractivity contribution in [3.63, 3.8) is 0 Å². The molecule has 11 nitrogen and oxygen atoms in total. The molecule has 13 heteroatoms. The number of hydrogen-bond acceptors (Lipinski definition) is 9. The van der Waals surface area contributed by atoms with E-state index in [1.165, 1.54) is 0 Å². The van der Waals surface area contributed by atoms with Crippen molar-refractivity contribution in [3.8, 4) is 0 Å². The zero-order valence-corrected chi connectivity index (χ0v) is 13.1. The van der Waals surface area contributed by atoms with Gasteiger partial charge in [0.25, 0.3) is 20.2 Å². The Hall–Kier alpha value is -2.22. The highest BCUT2D eigenvalue weighted by molar-refractivity contribution is 7.87. The van der Waals surface area contributed by atoms with Crippen LogP contribution in [0.5, 0.6) is 0 Å². The van der Waals surface area contributed by atoms with Crippen molar-refractivity contribution in [2.45, 2.75) is 23.1 Å². The van der Waals surface area contributed by atoms with E-state index in [2.05, 4.69) is 4.84 Å². The van der Waals surface area contributed by atoms with Gasteiger partial charge >= 0.3 is 5.97 Å². The summed E-state index contributed by atoms with van der Waals surface area (Å²) in [4.78, 5) is 24.3. The first kappa shape index (κ1) is 18.8. The lowest BCUT2D eigenvalue weighted by atomic mass is 10.3. The normalized spacial score (nSPS) is 11.8. The summed E-state index contributed by atoms with van der Waals surface area (Å²) in [5, 5.41) is 0. The van der Waals surface area contributed by atoms with Crippen LogP contribution < -0.4 is 11.2 Å². The predicted octanol–water partition coefficient (Wildman–Crippen LogP) is -0.389. The molecule has 0 unspecified atom stereocenters. The van der Waals surface area contributed by atoms with Crippen LogP contribution in [-0.2, 0) is 34.7 Å². The summed E-state index contributed by atoms with van der Waals surface area (Å²) in [5.74, 6) is -1.54. The van der Waals surface area contributed by atoms with Crippen LogP contribution in [0.2, 0.25) is 0 Å². The Morgan fingerprint density at radius 2 is 1.57 bits per heavy atom. The number of nitrogens with one attached hydrogen (secondary N) is 1. The van der Waals surface area contributed by atoms with Crippen LogP contribution in [0.1, 0.15) is 13.3 Å². The smallest absolute Gasteiger partial charge is 0.339 e. The summed E-state index contributed by atoms with van der Waals surface area (Å²) in [6, 6.07) is 1.33. The summed E-state index contributed by atoms with van der Waals surface area (Å²) in [6.45, 7) is 1.12. The number of hydrogen-bond donors (Lipinski definition) is 4. The van der Waals surface area contributed by atoms with Gasteiger partial charge in [-0.2, -0.15) is 16.8 Å². The molecule has 128 valence electrons. The van der Waals surface area contributed by atoms with Gasteiger partial charge in [0.05, 0.1) is 11.4 Å². The Morgan fingerprint density at radius 1 is 1.13 bits per heavy atom. The molecule has 0 aliphatic rings. The van der Waals surface area contributed by atoms with Gasteiger partial charge in [0, 0.05) is 0 Å². The van der Waals surface area contributed by atoms with Crippen LogP contribution in [0.3, 0.4) is 0 Å². The second-order valence-electron chi connectivity index (χ2n) is 4.29. The minimum Gasteiger partial charge on any atom is -0.396 e. The minimum absolute atomic E-state index is 0.434. The largest absolute Gasteiger partial charge is 0.396 e. The molecule has 5 N–H and O–H groups in total.